The molecule has 7 heteroatoms. The van der Waals surface area contributed by atoms with Crippen molar-refractivity contribution in [2.45, 2.75) is 24.7 Å². The minimum Gasteiger partial charge on any atom is -0.325 e. The molecule has 2 rings (SSSR count). The highest BCUT2D eigenvalue weighted by Gasteiger charge is 2.29. The summed E-state index contributed by atoms with van der Waals surface area (Å²) in [5.41, 5.74) is 0.695. The molecule has 0 bridgehead atoms. The van der Waals surface area contributed by atoms with Crippen molar-refractivity contribution in [2.24, 2.45) is 5.92 Å². The van der Waals surface area contributed by atoms with Gasteiger partial charge in [-0.1, -0.05) is 18.5 Å². The molecule has 1 saturated heterocycles. The Labute approximate surface area is 134 Å². The van der Waals surface area contributed by atoms with Crippen LogP contribution in [0.5, 0.6) is 0 Å². The molecule has 1 fully saturated rings. The smallest absolute Gasteiger partial charge is 0.224 e. The minimum absolute atomic E-state index is 0.0727. The monoisotopic (exact) mass is 347 g/mol. The zero-order chi connectivity index (χ0) is 15.5. The lowest BCUT2D eigenvalue weighted by atomic mass is 10.1. The van der Waals surface area contributed by atoms with E-state index in [1.54, 1.807) is 23.9 Å². The zero-order valence-electron chi connectivity index (χ0n) is 11.8. The first-order valence-corrected chi connectivity index (χ1v) is 10.0. The Kier molecular flexibility index (Phi) is 5.57. The second-order valence-electron chi connectivity index (χ2n) is 5.09. The lowest BCUT2D eigenvalue weighted by molar-refractivity contribution is -0.116. The van der Waals surface area contributed by atoms with Crippen LogP contribution in [0.15, 0.2) is 23.1 Å². The van der Waals surface area contributed by atoms with E-state index in [1.807, 2.05) is 13.0 Å². The number of sulfone groups is 1. The number of amides is 1. The van der Waals surface area contributed by atoms with Gasteiger partial charge in [-0.25, -0.2) is 8.42 Å². The van der Waals surface area contributed by atoms with Crippen molar-refractivity contribution >= 4 is 44.8 Å². The van der Waals surface area contributed by atoms with Gasteiger partial charge in [0.25, 0.3) is 0 Å². The molecule has 1 amide bonds. The number of thioether (sulfide) groups is 1. The molecule has 0 saturated carbocycles. The number of halogens is 1. The zero-order valence-corrected chi connectivity index (χ0v) is 14.2. The maximum absolute atomic E-state index is 12.1. The Morgan fingerprint density at radius 1 is 1.48 bits per heavy atom. The SMILES string of the molecule is CCSc1ccc(Cl)cc1NC(=O)C[C@@H]1CCS(=O)(=O)C1. The molecule has 1 heterocycles. The Morgan fingerprint density at radius 2 is 2.24 bits per heavy atom. The fourth-order valence-corrected chi connectivity index (χ4v) is 5.15. The first kappa shape index (κ1) is 16.6. The van der Waals surface area contributed by atoms with Gasteiger partial charge in [0.15, 0.2) is 9.84 Å². The largest absolute Gasteiger partial charge is 0.325 e. The van der Waals surface area contributed by atoms with E-state index in [0.717, 1.165) is 10.6 Å². The molecular formula is C14H18ClNO3S2. The molecule has 4 nitrogen and oxygen atoms in total. The van der Waals surface area contributed by atoms with E-state index in [9.17, 15) is 13.2 Å². The second kappa shape index (κ2) is 7.03. The Morgan fingerprint density at radius 3 is 2.86 bits per heavy atom. The predicted molar refractivity (Wildman–Crippen MR) is 87.9 cm³/mol. The Hall–Kier alpha value is -0.720. The highest BCUT2D eigenvalue weighted by molar-refractivity contribution is 7.99. The molecule has 1 aromatic carbocycles. The summed E-state index contributed by atoms with van der Waals surface area (Å²) in [4.78, 5) is 13.1. The summed E-state index contributed by atoms with van der Waals surface area (Å²) in [7, 11) is -2.94. The van der Waals surface area contributed by atoms with Gasteiger partial charge < -0.3 is 5.32 Å². The molecule has 21 heavy (non-hydrogen) atoms. The van der Waals surface area contributed by atoms with Crippen molar-refractivity contribution < 1.29 is 13.2 Å². The summed E-state index contributed by atoms with van der Waals surface area (Å²) in [6.07, 6.45) is 0.809. The van der Waals surface area contributed by atoms with Crippen molar-refractivity contribution in [1.82, 2.24) is 0 Å². The van der Waals surface area contributed by atoms with E-state index in [0.29, 0.717) is 17.1 Å². The molecule has 1 N–H and O–H groups in total. The highest BCUT2D eigenvalue weighted by Crippen LogP contribution is 2.30. The number of hydrogen-bond acceptors (Lipinski definition) is 4. The maximum Gasteiger partial charge on any atom is 0.224 e. The lowest BCUT2D eigenvalue weighted by Crippen LogP contribution is -2.17. The van der Waals surface area contributed by atoms with E-state index in [1.165, 1.54) is 0 Å². The van der Waals surface area contributed by atoms with Crippen LogP contribution in [0.2, 0.25) is 5.02 Å². The summed E-state index contributed by atoms with van der Waals surface area (Å²) in [5, 5.41) is 3.42. The number of hydrogen-bond donors (Lipinski definition) is 1. The van der Waals surface area contributed by atoms with Gasteiger partial charge >= 0.3 is 0 Å². The molecule has 1 atom stereocenters. The number of anilines is 1. The van der Waals surface area contributed by atoms with E-state index >= 15 is 0 Å². The summed E-state index contributed by atoms with van der Waals surface area (Å²) < 4.78 is 22.8. The first-order valence-electron chi connectivity index (χ1n) is 6.82. The van der Waals surface area contributed by atoms with Gasteiger partial charge in [-0.3, -0.25) is 4.79 Å². The summed E-state index contributed by atoms with van der Waals surface area (Å²) >= 11 is 7.59. The first-order chi connectivity index (χ1) is 9.89. The standard InChI is InChI=1S/C14H18ClNO3S2/c1-2-20-13-4-3-11(15)8-12(13)16-14(17)7-10-5-6-21(18,19)9-10/h3-4,8,10H,2,5-7,9H2,1H3,(H,16,17)/t10-/m0/s1. The summed E-state index contributed by atoms with van der Waals surface area (Å²) in [6.45, 7) is 2.04. The van der Waals surface area contributed by atoms with Crippen LogP contribution in [-0.2, 0) is 14.6 Å². The molecule has 1 aliphatic heterocycles. The Balaban J connectivity index is 2.01. The maximum atomic E-state index is 12.1. The molecule has 0 spiro atoms. The predicted octanol–water partition coefficient (Wildman–Crippen LogP) is 3.22. The topological polar surface area (TPSA) is 63.2 Å². The van der Waals surface area contributed by atoms with Crippen LogP contribution < -0.4 is 5.32 Å². The summed E-state index contributed by atoms with van der Waals surface area (Å²) in [6, 6.07) is 5.40. The van der Waals surface area contributed by atoms with Crippen molar-refractivity contribution in [3.8, 4) is 0 Å². The quantitative estimate of drug-likeness (QED) is 0.831. The normalized spacial score (nSPS) is 20.4. The minimum atomic E-state index is -2.94. The number of carbonyl (C=O) groups is 1. The summed E-state index contributed by atoms with van der Waals surface area (Å²) in [5.74, 6) is 0.977. The molecule has 116 valence electrons. The van der Waals surface area contributed by atoms with E-state index in [4.69, 9.17) is 11.6 Å². The van der Waals surface area contributed by atoms with Gasteiger partial charge in [0.1, 0.15) is 0 Å². The highest BCUT2D eigenvalue weighted by atomic mass is 35.5. The molecule has 0 aliphatic carbocycles. The van der Waals surface area contributed by atoms with Gasteiger partial charge in [0, 0.05) is 16.3 Å². The third-order valence-electron chi connectivity index (χ3n) is 3.32. The third-order valence-corrected chi connectivity index (χ3v) is 6.34. The van der Waals surface area contributed by atoms with Crippen molar-refractivity contribution in [3.05, 3.63) is 23.2 Å². The van der Waals surface area contributed by atoms with Crippen LogP contribution in [0.1, 0.15) is 19.8 Å². The molecule has 0 aromatic heterocycles. The van der Waals surface area contributed by atoms with E-state index < -0.39 is 9.84 Å². The average Bonchev–Trinajstić information content (AvgIpc) is 2.72. The van der Waals surface area contributed by atoms with Gasteiger partial charge in [-0.2, -0.15) is 0 Å². The third kappa shape index (κ3) is 4.90. The molecule has 1 aromatic rings. The number of rotatable bonds is 5. The number of benzene rings is 1. The molecule has 1 aliphatic rings. The van der Waals surface area contributed by atoms with Crippen molar-refractivity contribution in [2.75, 3.05) is 22.6 Å². The van der Waals surface area contributed by atoms with Crippen molar-refractivity contribution in [1.29, 1.82) is 0 Å². The van der Waals surface area contributed by atoms with Crippen LogP contribution in [0, 0.1) is 5.92 Å². The van der Waals surface area contributed by atoms with Crippen LogP contribution in [0.25, 0.3) is 0 Å². The molecule has 0 unspecified atom stereocenters. The fourth-order valence-electron chi connectivity index (χ4n) is 2.38. The fraction of sp³-hybridized carbons (Fsp3) is 0.500. The van der Waals surface area contributed by atoms with Gasteiger partial charge in [-0.15, -0.1) is 11.8 Å². The number of carbonyl (C=O) groups excluding carboxylic acids is 1. The van der Waals surface area contributed by atoms with Crippen LogP contribution >= 0.6 is 23.4 Å². The average molecular weight is 348 g/mol. The molecular weight excluding hydrogens is 330 g/mol. The van der Waals surface area contributed by atoms with E-state index in [2.05, 4.69) is 5.32 Å². The molecule has 0 radical (unpaired) electrons. The van der Waals surface area contributed by atoms with Gasteiger partial charge in [0.05, 0.1) is 17.2 Å². The van der Waals surface area contributed by atoms with Crippen LogP contribution in [0.3, 0.4) is 0 Å². The Bertz CT molecular complexity index is 631. The van der Waals surface area contributed by atoms with E-state index in [-0.39, 0.29) is 29.8 Å². The van der Waals surface area contributed by atoms with Crippen LogP contribution in [0.4, 0.5) is 5.69 Å². The van der Waals surface area contributed by atoms with Gasteiger partial charge in [0.2, 0.25) is 5.91 Å². The van der Waals surface area contributed by atoms with Crippen molar-refractivity contribution in [3.63, 3.8) is 0 Å². The second-order valence-corrected chi connectivity index (χ2v) is 9.07. The number of nitrogens with one attached hydrogen (secondary N) is 1. The lowest BCUT2D eigenvalue weighted by Gasteiger charge is -2.12. The van der Waals surface area contributed by atoms with Crippen LogP contribution in [-0.4, -0.2) is 31.6 Å². The van der Waals surface area contributed by atoms with Gasteiger partial charge in [-0.05, 0) is 36.3 Å².